The van der Waals surface area contributed by atoms with Crippen LogP contribution in [-0.4, -0.2) is 55.2 Å². The molecule has 1 aliphatic heterocycles. The van der Waals surface area contributed by atoms with Crippen LogP contribution in [0.3, 0.4) is 0 Å². The summed E-state index contributed by atoms with van der Waals surface area (Å²) in [5, 5.41) is 24.4. The molecule has 3 aromatic heterocycles. The molecule has 10 nitrogen and oxygen atoms in total. The van der Waals surface area contributed by atoms with Gasteiger partial charge in [-0.2, -0.15) is 0 Å². The van der Waals surface area contributed by atoms with Crippen molar-refractivity contribution in [1.82, 2.24) is 30.3 Å². The number of hydrogen-bond acceptors (Lipinski definition) is 8. The highest BCUT2D eigenvalue weighted by molar-refractivity contribution is 6.00. The van der Waals surface area contributed by atoms with Crippen LogP contribution in [0.1, 0.15) is 54.2 Å². The Morgan fingerprint density at radius 1 is 1.16 bits per heavy atom. The van der Waals surface area contributed by atoms with Gasteiger partial charge in [-0.1, -0.05) is 11.3 Å². The van der Waals surface area contributed by atoms with Gasteiger partial charge in [-0.25, -0.2) is 14.1 Å². The van der Waals surface area contributed by atoms with Crippen molar-refractivity contribution in [2.45, 2.75) is 49.9 Å². The monoisotopic (exact) mass is 606 g/mol. The Kier molecular flexibility index (Phi) is 6.35. The van der Waals surface area contributed by atoms with Gasteiger partial charge in [0.1, 0.15) is 40.5 Å². The Labute approximate surface area is 258 Å². The van der Waals surface area contributed by atoms with Gasteiger partial charge in [-0.3, -0.25) is 9.78 Å². The quantitative estimate of drug-likeness (QED) is 0.246. The minimum absolute atomic E-state index is 0.0596. The van der Waals surface area contributed by atoms with Gasteiger partial charge in [0.05, 0.1) is 24.5 Å². The van der Waals surface area contributed by atoms with E-state index in [0.29, 0.717) is 39.5 Å². The van der Waals surface area contributed by atoms with Crippen LogP contribution in [0, 0.1) is 11.7 Å². The van der Waals surface area contributed by atoms with Crippen molar-refractivity contribution in [3.63, 3.8) is 0 Å². The van der Waals surface area contributed by atoms with Gasteiger partial charge in [-0.05, 0) is 87.1 Å². The lowest BCUT2D eigenvalue weighted by Gasteiger charge is -2.30. The number of carbonyl (C=O) groups is 1. The lowest BCUT2D eigenvalue weighted by Crippen LogP contribution is -2.43. The van der Waals surface area contributed by atoms with E-state index in [-0.39, 0.29) is 36.9 Å². The first-order chi connectivity index (χ1) is 21.8. The third-order valence-electron chi connectivity index (χ3n) is 9.06. The molecule has 228 valence electrons. The van der Waals surface area contributed by atoms with Gasteiger partial charge >= 0.3 is 0 Å². The van der Waals surface area contributed by atoms with Crippen LogP contribution in [0.25, 0.3) is 22.2 Å². The van der Waals surface area contributed by atoms with E-state index in [0.717, 1.165) is 36.6 Å². The highest BCUT2D eigenvalue weighted by Gasteiger charge is 2.49. The first kappa shape index (κ1) is 27.6. The predicted octanol–water partition coefficient (Wildman–Crippen LogP) is 4.75. The van der Waals surface area contributed by atoms with Crippen molar-refractivity contribution < 1.29 is 23.8 Å². The number of amides is 1. The molecule has 2 saturated carbocycles. The summed E-state index contributed by atoms with van der Waals surface area (Å²) in [7, 11) is 0. The summed E-state index contributed by atoms with van der Waals surface area (Å²) in [5.41, 5.74) is 1.23. The van der Waals surface area contributed by atoms with Crippen molar-refractivity contribution in [2.24, 2.45) is 5.92 Å². The molecule has 4 heterocycles. The summed E-state index contributed by atoms with van der Waals surface area (Å²) in [6.45, 7) is 2.20. The minimum atomic E-state index is -1.48. The lowest BCUT2D eigenvalue weighted by atomic mass is 9.87. The molecule has 8 rings (SSSR count). The first-order valence-corrected chi connectivity index (χ1v) is 15.2. The fourth-order valence-electron chi connectivity index (χ4n) is 6.12. The molecule has 45 heavy (non-hydrogen) atoms. The number of rotatable bonds is 9. The number of carbonyl (C=O) groups excluding carboxylic acids is 1. The SMILES string of the molecule is C[C@]1(n2ccnn2)COc2c1cc([C@@](O)(CNC(=O)c1cc(OC3CC3)c3ncccc3c1)C1CC1)nc2-c1ccc(F)cc1. The molecule has 5 aromatic rings. The number of nitrogens with one attached hydrogen (secondary N) is 1. The molecule has 11 heteroatoms. The van der Waals surface area contributed by atoms with Crippen LogP contribution in [0.2, 0.25) is 0 Å². The molecule has 0 saturated heterocycles. The Morgan fingerprint density at radius 3 is 2.71 bits per heavy atom. The Hall–Kier alpha value is -4.90. The second kappa shape index (κ2) is 10.3. The fourth-order valence-corrected chi connectivity index (χ4v) is 6.12. The van der Waals surface area contributed by atoms with Gasteiger partial charge in [0, 0.05) is 34.5 Å². The molecule has 2 N–H and O–H groups in total. The molecule has 2 aliphatic carbocycles. The van der Waals surface area contributed by atoms with Crippen LogP contribution < -0.4 is 14.8 Å². The smallest absolute Gasteiger partial charge is 0.251 e. The number of aromatic nitrogens is 5. The maximum Gasteiger partial charge on any atom is 0.251 e. The summed E-state index contributed by atoms with van der Waals surface area (Å²) in [6.07, 6.45) is 8.75. The van der Waals surface area contributed by atoms with Crippen LogP contribution >= 0.6 is 0 Å². The summed E-state index contributed by atoms with van der Waals surface area (Å²) in [4.78, 5) is 23.1. The third-order valence-corrected chi connectivity index (χ3v) is 9.06. The van der Waals surface area contributed by atoms with Crippen molar-refractivity contribution in [1.29, 1.82) is 0 Å². The van der Waals surface area contributed by atoms with Crippen LogP contribution in [0.5, 0.6) is 11.5 Å². The van der Waals surface area contributed by atoms with Crippen LogP contribution in [0.4, 0.5) is 4.39 Å². The van der Waals surface area contributed by atoms with E-state index in [1.165, 1.54) is 12.1 Å². The molecular formula is C34H31FN6O4. The summed E-state index contributed by atoms with van der Waals surface area (Å²) in [6, 6.07) is 15.1. The van der Waals surface area contributed by atoms with Crippen LogP contribution in [-0.2, 0) is 11.1 Å². The van der Waals surface area contributed by atoms with Crippen LogP contribution in [0.15, 0.2) is 73.2 Å². The molecule has 1 amide bonds. The number of halogens is 1. The van der Waals surface area contributed by atoms with E-state index in [1.54, 1.807) is 47.5 Å². The molecular weight excluding hydrogens is 575 g/mol. The molecule has 2 aromatic carbocycles. The van der Waals surface area contributed by atoms with E-state index in [9.17, 15) is 14.3 Å². The number of fused-ring (bicyclic) bond motifs is 2. The van der Waals surface area contributed by atoms with E-state index in [4.69, 9.17) is 14.5 Å². The number of aliphatic hydroxyl groups is 1. The first-order valence-electron chi connectivity index (χ1n) is 15.2. The number of benzene rings is 2. The normalized spacial score (nSPS) is 20.3. The van der Waals surface area contributed by atoms with E-state index < -0.39 is 11.1 Å². The molecule has 2 atom stereocenters. The maximum atomic E-state index is 13.9. The topological polar surface area (TPSA) is 124 Å². The van der Waals surface area contributed by atoms with Gasteiger partial charge in [0.15, 0.2) is 5.75 Å². The lowest BCUT2D eigenvalue weighted by molar-refractivity contribution is 0.00945. The summed E-state index contributed by atoms with van der Waals surface area (Å²) >= 11 is 0. The fraction of sp³-hybridized carbons (Fsp3) is 0.324. The van der Waals surface area contributed by atoms with E-state index in [2.05, 4.69) is 20.6 Å². The summed E-state index contributed by atoms with van der Waals surface area (Å²) in [5.74, 6) is 0.302. The molecule has 0 unspecified atom stereocenters. The van der Waals surface area contributed by atoms with Crippen molar-refractivity contribution >= 4 is 16.8 Å². The molecule has 0 radical (unpaired) electrons. The third kappa shape index (κ3) is 4.87. The van der Waals surface area contributed by atoms with Crippen molar-refractivity contribution in [2.75, 3.05) is 13.2 Å². The minimum Gasteiger partial charge on any atom is -0.488 e. The number of nitrogens with zero attached hydrogens (tertiary/aromatic N) is 5. The zero-order valence-corrected chi connectivity index (χ0v) is 24.6. The van der Waals surface area contributed by atoms with Gasteiger partial charge in [0.25, 0.3) is 5.91 Å². The molecule has 0 bridgehead atoms. The number of hydrogen-bond donors (Lipinski definition) is 2. The van der Waals surface area contributed by atoms with Crippen molar-refractivity contribution in [3.05, 3.63) is 95.8 Å². The Balaban J connectivity index is 1.17. The average molecular weight is 607 g/mol. The zero-order valence-electron chi connectivity index (χ0n) is 24.6. The van der Waals surface area contributed by atoms with Gasteiger partial charge < -0.3 is 19.9 Å². The molecule has 0 spiro atoms. The maximum absolute atomic E-state index is 13.9. The second-order valence-corrected chi connectivity index (χ2v) is 12.4. The Bertz CT molecular complexity index is 1930. The summed E-state index contributed by atoms with van der Waals surface area (Å²) < 4.78 is 27.9. The average Bonchev–Trinajstić information content (AvgIpc) is 3.99. The van der Waals surface area contributed by atoms with E-state index >= 15 is 0 Å². The largest absolute Gasteiger partial charge is 0.488 e. The van der Waals surface area contributed by atoms with Gasteiger partial charge in [0.2, 0.25) is 0 Å². The predicted molar refractivity (Wildman–Crippen MR) is 162 cm³/mol. The van der Waals surface area contributed by atoms with E-state index in [1.807, 2.05) is 25.1 Å². The molecule has 2 fully saturated rings. The van der Waals surface area contributed by atoms with Gasteiger partial charge in [-0.15, -0.1) is 5.10 Å². The highest BCUT2D eigenvalue weighted by Crippen LogP contribution is 2.50. The van der Waals surface area contributed by atoms with Crippen molar-refractivity contribution in [3.8, 4) is 22.8 Å². The molecule has 3 aliphatic rings. The zero-order chi connectivity index (χ0) is 30.8. The second-order valence-electron chi connectivity index (χ2n) is 12.4. The highest BCUT2D eigenvalue weighted by atomic mass is 19.1. The number of pyridine rings is 2. The Morgan fingerprint density at radius 2 is 1.98 bits per heavy atom. The number of ether oxygens (including phenoxy) is 2. The standard InChI is InChI=1S/C34H31FN6O4/c1-33(41-14-13-38-40-41)19-44-31-26(33)17-28(39-30(31)20-4-8-24(35)9-5-20)34(43,23-6-7-23)18-37-32(42)22-15-21-3-2-12-36-29(21)27(16-22)45-25-10-11-25/h2-5,8-9,12-17,23,25,43H,6-7,10-11,18-19H2,1H3,(H,37,42)/t33-,34+/m0/s1.